The summed E-state index contributed by atoms with van der Waals surface area (Å²) in [6.07, 6.45) is 3.88. The molecule has 2 heterocycles. The number of carboxylic acid groups (broad SMARTS) is 1. The molecule has 15 heavy (non-hydrogen) atoms. The fraction of sp³-hybridized carbons (Fsp3) is 0.600. The van der Waals surface area contributed by atoms with Gasteiger partial charge >= 0.3 is 6.09 Å². The van der Waals surface area contributed by atoms with Crippen LogP contribution in [0.2, 0.25) is 0 Å². The van der Waals surface area contributed by atoms with E-state index in [1.54, 1.807) is 6.20 Å². The van der Waals surface area contributed by atoms with Crippen molar-refractivity contribution in [3.05, 3.63) is 18.4 Å². The number of carbonyl (C=O) groups is 1. The first-order chi connectivity index (χ1) is 7.18. The summed E-state index contributed by atoms with van der Waals surface area (Å²) in [6.45, 7) is 2.63. The van der Waals surface area contributed by atoms with Crippen molar-refractivity contribution in [2.75, 3.05) is 6.54 Å². The minimum Gasteiger partial charge on any atom is -0.465 e. The second-order valence-electron chi connectivity index (χ2n) is 4.04. The lowest BCUT2D eigenvalue weighted by molar-refractivity contribution is 0.0816. The number of piperidine rings is 1. The van der Waals surface area contributed by atoms with Crippen molar-refractivity contribution in [1.29, 1.82) is 0 Å². The molecule has 2 rings (SSSR count). The monoisotopic (exact) mass is 210 g/mol. The maximum absolute atomic E-state index is 11.1. The molecule has 1 aromatic rings. The molecule has 1 aliphatic heterocycles. The summed E-state index contributed by atoms with van der Waals surface area (Å²) in [6, 6.07) is -0.166. The van der Waals surface area contributed by atoms with Crippen LogP contribution in [0.5, 0.6) is 0 Å². The molecule has 2 atom stereocenters. The third kappa shape index (κ3) is 1.95. The van der Waals surface area contributed by atoms with Crippen LogP contribution in [-0.2, 0) is 0 Å². The zero-order valence-electron chi connectivity index (χ0n) is 8.59. The van der Waals surface area contributed by atoms with Crippen LogP contribution >= 0.6 is 0 Å². The first kappa shape index (κ1) is 10.0. The van der Waals surface area contributed by atoms with Crippen LogP contribution in [-0.4, -0.2) is 27.6 Å². The Labute approximate surface area is 87.7 Å². The molecule has 0 aromatic carbocycles. The Hall–Kier alpha value is -1.52. The van der Waals surface area contributed by atoms with Crippen LogP contribution in [0.3, 0.4) is 0 Å². The highest BCUT2D eigenvalue weighted by Gasteiger charge is 2.32. The van der Waals surface area contributed by atoms with Crippen molar-refractivity contribution < 1.29 is 14.3 Å². The highest BCUT2D eigenvalue weighted by Crippen LogP contribution is 2.32. The highest BCUT2D eigenvalue weighted by molar-refractivity contribution is 5.65. The van der Waals surface area contributed by atoms with Gasteiger partial charge in [0.25, 0.3) is 0 Å². The predicted molar refractivity (Wildman–Crippen MR) is 52.4 cm³/mol. The molecule has 5 nitrogen and oxygen atoms in total. The van der Waals surface area contributed by atoms with E-state index in [2.05, 4.69) is 11.9 Å². The van der Waals surface area contributed by atoms with E-state index in [1.807, 2.05) is 0 Å². The number of rotatable bonds is 1. The Morgan fingerprint density at radius 2 is 2.47 bits per heavy atom. The Morgan fingerprint density at radius 3 is 3.07 bits per heavy atom. The third-order valence-electron chi connectivity index (χ3n) is 2.84. The standard InChI is InChI=1S/C10H14N2O3/c1-7-2-3-8(9-4-11-6-15-9)12(5-7)10(13)14/h4,6-8H,2-3,5H2,1H3,(H,13,14). The number of hydrogen-bond donors (Lipinski definition) is 1. The van der Waals surface area contributed by atoms with E-state index in [4.69, 9.17) is 9.52 Å². The summed E-state index contributed by atoms with van der Waals surface area (Å²) >= 11 is 0. The summed E-state index contributed by atoms with van der Waals surface area (Å²) in [5, 5.41) is 9.09. The van der Waals surface area contributed by atoms with Gasteiger partial charge in [0.2, 0.25) is 0 Å². The smallest absolute Gasteiger partial charge is 0.407 e. The number of hydrogen-bond acceptors (Lipinski definition) is 3. The average molecular weight is 210 g/mol. The van der Waals surface area contributed by atoms with Crippen LogP contribution in [0.1, 0.15) is 31.6 Å². The van der Waals surface area contributed by atoms with Gasteiger partial charge in [-0.15, -0.1) is 0 Å². The average Bonchev–Trinajstić information content (AvgIpc) is 2.70. The van der Waals surface area contributed by atoms with Gasteiger partial charge < -0.3 is 9.52 Å². The van der Waals surface area contributed by atoms with Crippen molar-refractivity contribution in [2.24, 2.45) is 5.92 Å². The first-order valence-corrected chi connectivity index (χ1v) is 5.06. The number of aromatic nitrogens is 1. The molecular weight excluding hydrogens is 196 g/mol. The summed E-state index contributed by atoms with van der Waals surface area (Å²) in [5.41, 5.74) is 0. The van der Waals surface area contributed by atoms with E-state index < -0.39 is 6.09 Å². The van der Waals surface area contributed by atoms with Gasteiger partial charge in [-0.1, -0.05) is 6.92 Å². The van der Waals surface area contributed by atoms with E-state index in [9.17, 15) is 4.79 Å². The Bertz CT molecular complexity index is 336. The Balaban J connectivity index is 2.19. The van der Waals surface area contributed by atoms with Gasteiger partial charge in [-0.25, -0.2) is 9.78 Å². The van der Waals surface area contributed by atoms with Gasteiger partial charge in [0.05, 0.1) is 12.2 Å². The minimum absolute atomic E-state index is 0.166. The molecule has 0 saturated carbocycles. The third-order valence-corrected chi connectivity index (χ3v) is 2.84. The second-order valence-corrected chi connectivity index (χ2v) is 4.04. The number of likely N-dealkylation sites (tertiary alicyclic amines) is 1. The first-order valence-electron chi connectivity index (χ1n) is 5.06. The van der Waals surface area contributed by atoms with E-state index in [1.165, 1.54) is 11.3 Å². The molecule has 0 spiro atoms. The Kier molecular flexibility index (Phi) is 2.62. The van der Waals surface area contributed by atoms with Crippen LogP contribution in [0.15, 0.2) is 17.0 Å². The van der Waals surface area contributed by atoms with Gasteiger partial charge in [0, 0.05) is 6.54 Å². The van der Waals surface area contributed by atoms with Crippen LogP contribution in [0.4, 0.5) is 4.79 Å². The van der Waals surface area contributed by atoms with Crippen LogP contribution in [0, 0.1) is 5.92 Å². The zero-order chi connectivity index (χ0) is 10.8. The van der Waals surface area contributed by atoms with Crippen molar-refractivity contribution in [3.8, 4) is 0 Å². The number of nitrogens with zero attached hydrogens (tertiary/aromatic N) is 2. The molecule has 1 saturated heterocycles. The maximum Gasteiger partial charge on any atom is 0.407 e. The van der Waals surface area contributed by atoms with Gasteiger partial charge in [-0.2, -0.15) is 0 Å². The topological polar surface area (TPSA) is 66.6 Å². The molecule has 1 fully saturated rings. The van der Waals surface area contributed by atoms with Crippen LogP contribution in [0.25, 0.3) is 0 Å². The van der Waals surface area contributed by atoms with Crippen molar-refractivity contribution in [3.63, 3.8) is 0 Å². The van der Waals surface area contributed by atoms with Crippen molar-refractivity contribution in [1.82, 2.24) is 9.88 Å². The van der Waals surface area contributed by atoms with Gasteiger partial charge in [-0.05, 0) is 18.8 Å². The fourth-order valence-corrected chi connectivity index (χ4v) is 2.05. The van der Waals surface area contributed by atoms with Gasteiger partial charge in [0.15, 0.2) is 6.39 Å². The molecule has 82 valence electrons. The molecular formula is C10H14N2O3. The maximum atomic E-state index is 11.1. The van der Waals surface area contributed by atoms with E-state index in [0.717, 1.165) is 12.8 Å². The number of amides is 1. The molecule has 0 radical (unpaired) electrons. The van der Waals surface area contributed by atoms with E-state index >= 15 is 0 Å². The zero-order valence-corrected chi connectivity index (χ0v) is 8.59. The summed E-state index contributed by atoms with van der Waals surface area (Å²) in [4.78, 5) is 16.3. The minimum atomic E-state index is -0.886. The molecule has 0 aliphatic carbocycles. The second kappa shape index (κ2) is 3.92. The van der Waals surface area contributed by atoms with Crippen LogP contribution < -0.4 is 0 Å². The highest BCUT2D eigenvalue weighted by atomic mass is 16.4. The lowest BCUT2D eigenvalue weighted by atomic mass is 9.93. The Morgan fingerprint density at radius 1 is 1.67 bits per heavy atom. The predicted octanol–water partition coefficient (Wildman–Crippen LogP) is 2.13. The molecule has 1 aromatic heterocycles. The fourth-order valence-electron chi connectivity index (χ4n) is 2.05. The molecule has 1 amide bonds. The lowest BCUT2D eigenvalue weighted by Crippen LogP contribution is -2.40. The summed E-state index contributed by atoms with van der Waals surface area (Å²) in [5.74, 6) is 1.06. The molecule has 5 heteroatoms. The van der Waals surface area contributed by atoms with Gasteiger partial charge in [-0.3, -0.25) is 4.90 Å². The summed E-state index contributed by atoms with van der Waals surface area (Å²) in [7, 11) is 0. The largest absolute Gasteiger partial charge is 0.465 e. The normalized spacial score (nSPS) is 26.6. The van der Waals surface area contributed by atoms with E-state index in [0.29, 0.717) is 18.2 Å². The van der Waals surface area contributed by atoms with Crippen molar-refractivity contribution in [2.45, 2.75) is 25.8 Å². The molecule has 0 bridgehead atoms. The quantitative estimate of drug-likeness (QED) is 0.771. The number of oxazole rings is 1. The molecule has 2 unspecified atom stereocenters. The lowest BCUT2D eigenvalue weighted by Gasteiger charge is -2.35. The summed E-state index contributed by atoms with van der Waals surface area (Å²) < 4.78 is 5.17. The van der Waals surface area contributed by atoms with Crippen molar-refractivity contribution >= 4 is 6.09 Å². The molecule has 1 aliphatic rings. The molecule has 1 N–H and O–H groups in total. The van der Waals surface area contributed by atoms with Gasteiger partial charge in [0.1, 0.15) is 5.76 Å². The SMILES string of the molecule is CC1CCC(c2cnco2)N(C(=O)O)C1. The van der Waals surface area contributed by atoms with E-state index in [-0.39, 0.29) is 6.04 Å².